The highest BCUT2D eigenvalue weighted by Gasteiger charge is 2.54. The SMILES string of the molecule is Nc1nc(C(=NOC2C=CCC2)C(=O)NC2C(=O)N3C(C(=O)O)=C(CSc4nnnn4C=CCC(=O)O)CS[C@H]23)cs1. The van der Waals surface area contributed by atoms with Crippen molar-refractivity contribution in [3.05, 3.63) is 40.6 Å². The molecule has 0 saturated carbocycles. The van der Waals surface area contributed by atoms with Crippen molar-refractivity contribution in [3.8, 4) is 0 Å². The van der Waals surface area contributed by atoms with Gasteiger partial charge in [-0.1, -0.05) is 29.1 Å². The molecule has 0 spiro atoms. The number of anilines is 1. The summed E-state index contributed by atoms with van der Waals surface area (Å²) in [5.74, 6) is -3.16. The van der Waals surface area contributed by atoms with Gasteiger partial charge < -0.3 is 26.1 Å². The number of allylic oxidation sites excluding steroid dienone is 1. The highest BCUT2D eigenvalue weighted by atomic mass is 32.2. The summed E-state index contributed by atoms with van der Waals surface area (Å²) in [6, 6.07) is -0.995. The molecule has 2 unspecified atom stereocenters. The Balaban J connectivity index is 1.28. The molecule has 1 fully saturated rings. The zero-order valence-electron chi connectivity index (χ0n) is 21.5. The minimum atomic E-state index is -1.28. The number of carboxylic acids is 2. The van der Waals surface area contributed by atoms with Crippen LogP contribution in [0.2, 0.25) is 0 Å². The summed E-state index contributed by atoms with van der Waals surface area (Å²) in [5, 5.41) is 38.1. The van der Waals surface area contributed by atoms with E-state index in [4.69, 9.17) is 15.7 Å². The van der Waals surface area contributed by atoms with E-state index in [0.29, 0.717) is 17.2 Å². The first-order chi connectivity index (χ1) is 20.2. The Hall–Kier alpha value is -4.23. The number of amides is 2. The van der Waals surface area contributed by atoms with Crippen molar-refractivity contribution in [3.63, 3.8) is 0 Å². The van der Waals surface area contributed by atoms with Gasteiger partial charge >= 0.3 is 11.9 Å². The van der Waals surface area contributed by atoms with Crippen molar-refractivity contribution in [1.82, 2.24) is 35.4 Å². The summed E-state index contributed by atoms with van der Waals surface area (Å²) in [6.45, 7) is 0. The Kier molecular flexibility index (Phi) is 8.88. The molecule has 16 nitrogen and oxygen atoms in total. The van der Waals surface area contributed by atoms with Gasteiger partial charge in [-0.25, -0.2) is 9.78 Å². The van der Waals surface area contributed by atoms with Crippen molar-refractivity contribution in [2.45, 2.75) is 41.9 Å². The number of tetrazole rings is 1. The second-order valence-corrected chi connectivity index (χ2v) is 11.9. The largest absolute Gasteiger partial charge is 0.481 e. The third-order valence-corrected chi connectivity index (χ3v) is 9.17. The quantitative estimate of drug-likeness (QED) is 0.0826. The second kappa shape index (κ2) is 12.7. The number of hydrogen-bond acceptors (Lipinski definition) is 14. The van der Waals surface area contributed by atoms with Crippen LogP contribution >= 0.6 is 34.9 Å². The number of aliphatic carboxylic acids is 2. The first-order valence-corrected chi connectivity index (χ1v) is 15.3. The van der Waals surface area contributed by atoms with Gasteiger partial charge in [0.1, 0.15) is 28.9 Å². The molecule has 3 aliphatic rings. The summed E-state index contributed by atoms with van der Waals surface area (Å²) in [4.78, 5) is 60.2. The van der Waals surface area contributed by atoms with Crippen LogP contribution < -0.4 is 11.1 Å². The number of fused-ring (bicyclic) bond motifs is 1. The van der Waals surface area contributed by atoms with E-state index in [1.54, 1.807) is 5.38 Å². The number of hydrogen-bond donors (Lipinski definition) is 4. The van der Waals surface area contributed by atoms with E-state index in [1.807, 2.05) is 12.2 Å². The van der Waals surface area contributed by atoms with Crippen molar-refractivity contribution >= 4 is 75.7 Å². The number of β-lactam (4-membered cyclic amide) rings is 1. The maximum absolute atomic E-state index is 13.3. The minimum absolute atomic E-state index is 0.142. The third-order valence-electron chi connectivity index (χ3n) is 6.14. The second-order valence-electron chi connectivity index (χ2n) is 8.96. The van der Waals surface area contributed by atoms with Crippen LogP contribution in [-0.4, -0.2) is 98.8 Å². The fraction of sp³-hybridized carbons (Fsp3) is 0.348. The first kappa shape index (κ1) is 29.3. The molecule has 2 amide bonds. The van der Waals surface area contributed by atoms with Gasteiger partial charge in [-0.05, 0) is 34.9 Å². The lowest BCUT2D eigenvalue weighted by atomic mass is 10.0. The van der Waals surface area contributed by atoms with E-state index < -0.39 is 35.2 Å². The zero-order valence-corrected chi connectivity index (χ0v) is 24.0. The molecule has 2 aromatic heterocycles. The van der Waals surface area contributed by atoms with Crippen LogP contribution in [0, 0.1) is 0 Å². The van der Waals surface area contributed by atoms with Crippen LogP contribution in [0.5, 0.6) is 0 Å². The summed E-state index contributed by atoms with van der Waals surface area (Å²) in [5.41, 5.74) is 6.10. The number of nitrogens with two attached hydrogens (primary N) is 1. The number of nitrogen functional groups attached to an aromatic ring is 1. The van der Waals surface area contributed by atoms with Gasteiger partial charge in [0.25, 0.3) is 11.8 Å². The molecular formula is C23H23N9O7S3. The van der Waals surface area contributed by atoms with E-state index >= 15 is 0 Å². The summed E-state index contributed by atoms with van der Waals surface area (Å²) in [7, 11) is 0. The van der Waals surface area contributed by atoms with Crippen molar-refractivity contribution < 1.29 is 34.2 Å². The highest BCUT2D eigenvalue weighted by molar-refractivity contribution is 8.01. The molecular weight excluding hydrogens is 611 g/mol. The van der Waals surface area contributed by atoms with Crippen molar-refractivity contribution in [2.75, 3.05) is 17.2 Å². The highest BCUT2D eigenvalue weighted by Crippen LogP contribution is 2.41. The van der Waals surface area contributed by atoms with Gasteiger partial charge in [0.15, 0.2) is 10.8 Å². The van der Waals surface area contributed by atoms with Crippen molar-refractivity contribution in [1.29, 1.82) is 0 Å². The number of thioether (sulfide) groups is 2. The Morgan fingerprint density at radius 1 is 1.33 bits per heavy atom. The summed E-state index contributed by atoms with van der Waals surface area (Å²) >= 11 is 3.56. The summed E-state index contributed by atoms with van der Waals surface area (Å²) < 4.78 is 1.27. The van der Waals surface area contributed by atoms with E-state index in [2.05, 4.69) is 31.0 Å². The molecule has 2 aliphatic heterocycles. The van der Waals surface area contributed by atoms with Crippen molar-refractivity contribution in [2.24, 2.45) is 5.16 Å². The monoisotopic (exact) mass is 633 g/mol. The third kappa shape index (κ3) is 6.31. The Morgan fingerprint density at radius 3 is 2.86 bits per heavy atom. The molecule has 5 N–H and O–H groups in total. The van der Waals surface area contributed by atoms with E-state index in [-0.39, 0.29) is 46.3 Å². The lowest BCUT2D eigenvalue weighted by Gasteiger charge is -2.49. The number of carbonyl (C=O) groups is 4. The molecule has 1 saturated heterocycles. The molecule has 0 radical (unpaired) electrons. The van der Waals surface area contributed by atoms with Crippen LogP contribution in [-0.2, 0) is 24.0 Å². The predicted molar refractivity (Wildman–Crippen MR) is 152 cm³/mol. The van der Waals surface area contributed by atoms with E-state index in [1.165, 1.54) is 28.7 Å². The lowest BCUT2D eigenvalue weighted by molar-refractivity contribution is -0.150. The van der Waals surface area contributed by atoms with Gasteiger partial charge in [-0.2, -0.15) is 4.68 Å². The molecule has 19 heteroatoms. The molecule has 2 aromatic rings. The normalized spacial score (nSPS) is 21.9. The Morgan fingerprint density at radius 2 is 2.17 bits per heavy atom. The minimum Gasteiger partial charge on any atom is -0.481 e. The van der Waals surface area contributed by atoms with Crippen LogP contribution in [0.4, 0.5) is 5.13 Å². The smallest absolute Gasteiger partial charge is 0.352 e. The number of oxime groups is 1. The molecule has 42 heavy (non-hydrogen) atoms. The predicted octanol–water partition coefficient (Wildman–Crippen LogP) is 0.627. The Labute approximate surface area is 249 Å². The molecule has 220 valence electrons. The Bertz CT molecular complexity index is 1530. The number of carbonyl (C=O) groups excluding carboxylic acids is 2. The molecule has 3 atom stereocenters. The topological polar surface area (TPSA) is 228 Å². The van der Waals surface area contributed by atoms with Gasteiger partial charge in [-0.15, -0.1) is 28.2 Å². The zero-order chi connectivity index (χ0) is 29.8. The molecule has 1 aliphatic carbocycles. The van der Waals surface area contributed by atoms with E-state index in [9.17, 15) is 24.3 Å². The molecule has 0 bridgehead atoms. The fourth-order valence-electron chi connectivity index (χ4n) is 4.20. The van der Waals surface area contributed by atoms with Gasteiger partial charge in [0, 0.05) is 23.1 Å². The van der Waals surface area contributed by atoms with E-state index in [0.717, 1.165) is 34.4 Å². The number of nitrogens with zero attached hydrogens (tertiary/aromatic N) is 7. The van der Waals surface area contributed by atoms with Gasteiger partial charge in [-0.3, -0.25) is 19.3 Å². The average molecular weight is 634 g/mol. The number of thiazole rings is 1. The lowest BCUT2D eigenvalue weighted by Crippen LogP contribution is -2.71. The number of nitrogens with one attached hydrogen (secondary N) is 1. The van der Waals surface area contributed by atoms with Gasteiger partial charge in [0.2, 0.25) is 5.16 Å². The molecule has 0 aromatic carbocycles. The molecule has 5 rings (SSSR count). The van der Waals surface area contributed by atoms with Gasteiger partial charge in [0.05, 0.1) is 6.42 Å². The fourth-order valence-corrected chi connectivity index (χ4v) is 7.09. The number of rotatable bonds is 12. The van der Waals surface area contributed by atoms with Crippen LogP contribution in [0.1, 0.15) is 25.0 Å². The van der Waals surface area contributed by atoms with Crippen LogP contribution in [0.3, 0.4) is 0 Å². The summed E-state index contributed by atoms with van der Waals surface area (Å²) in [6.07, 6.45) is 7.59. The number of aromatic nitrogens is 5. The maximum Gasteiger partial charge on any atom is 0.352 e. The average Bonchev–Trinajstić information content (AvgIpc) is 3.73. The maximum atomic E-state index is 13.3. The first-order valence-electron chi connectivity index (χ1n) is 12.3. The van der Waals surface area contributed by atoms with Crippen LogP contribution in [0.25, 0.3) is 6.20 Å². The number of carboxylic acid groups (broad SMARTS) is 2. The molecule has 4 heterocycles. The van der Waals surface area contributed by atoms with Crippen LogP contribution in [0.15, 0.2) is 45.2 Å². The standard InChI is InChI=1S/C23H23N9O7S3/c24-22-25-13(10-41-22)15(28-39-12-4-1-2-5-12)18(35)26-16-19(36)32-17(21(37)38)11(8-40-20(16)32)9-42-23-27-29-30-31(23)7-3-6-14(33)34/h1,3-4,7,10,12,16,20H,2,5-6,8-9H2,(H2,24,25)(H,26,35)(H,33,34)(H,37,38)/t12?,16?,20-/m1/s1.